The van der Waals surface area contributed by atoms with Gasteiger partial charge in [-0.05, 0) is 115 Å². The average Bonchev–Trinajstić information content (AvgIpc) is 3.88. The standard InChI is InChI=1S/C62H52N2Si/c1-61(2)40-41-62(3,4)54-42-48(38-39-53(54)61)65(45-22-10-6-11-23-45,46-24-12-7-13-25-46)47-36-34-44(35-37-47)64-56-31-17-15-27-52(56)60-50(29-19-33-58(60)64)49-28-18-32-57-59(49)51-26-14-16-30-55(51)63(57)43-20-8-5-9-21-43/h5-39,42H,40-41H2,1-4H3. The highest BCUT2D eigenvalue weighted by molar-refractivity contribution is 7.19. The third kappa shape index (κ3) is 5.99. The van der Waals surface area contributed by atoms with Crippen LogP contribution in [0.15, 0.2) is 218 Å². The van der Waals surface area contributed by atoms with Crippen molar-refractivity contribution >= 4 is 72.4 Å². The number of nitrogens with zero attached hydrogens (tertiary/aromatic N) is 2. The summed E-state index contributed by atoms with van der Waals surface area (Å²) >= 11 is 0. The largest absolute Gasteiger partial charge is 0.309 e. The van der Waals surface area contributed by atoms with E-state index in [1.807, 2.05) is 0 Å². The fraction of sp³-hybridized carbons (Fsp3) is 0.129. The third-order valence-corrected chi connectivity index (χ3v) is 19.7. The second-order valence-corrected chi connectivity index (χ2v) is 23.3. The molecule has 0 amide bonds. The quantitative estimate of drug-likeness (QED) is 0.112. The normalized spacial score (nSPS) is 14.6. The van der Waals surface area contributed by atoms with Crippen LogP contribution in [0.4, 0.5) is 0 Å². The van der Waals surface area contributed by atoms with Crippen LogP contribution in [0.25, 0.3) is 66.1 Å². The highest BCUT2D eigenvalue weighted by Crippen LogP contribution is 2.46. The monoisotopic (exact) mass is 852 g/mol. The van der Waals surface area contributed by atoms with Crippen LogP contribution in [0.1, 0.15) is 51.7 Å². The highest BCUT2D eigenvalue weighted by atomic mass is 28.3. The van der Waals surface area contributed by atoms with Gasteiger partial charge < -0.3 is 9.13 Å². The van der Waals surface area contributed by atoms with Gasteiger partial charge in [-0.1, -0.05) is 198 Å². The average molecular weight is 853 g/mol. The van der Waals surface area contributed by atoms with Crippen LogP contribution < -0.4 is 20.7 Å². The summed E-state index contributed by atoms with van der Waals surface area (Å²) in [5.74, 6) is 0. The molecule has 0 saturated heterocycles. The lowest BCUT2D eigenvalue weighted by molar-refractivity contribution is 0.332. The molecule has 314 valence electrons. The minimum atomic E-state index is -2.82. The lowest BCUT2D eigenvalue weighted by Gasteiger charge is -2.43. The van der Waals surface area contributed by atoms with Gasteiger partial charge in [-0.25, -0.2) is 0 Å². The van der Waals surface area contributed by atoms with Gasteiger partial charge in [-0.15, -0.1) is 0 Å². The lowest BCUT2D eigenvalue weighted by atomic mass is 9.63. The molecular weight excluding hydrogens is 801 g/mol. The number of rotatable bonds is 7. The molecule has 11 aromatic rings. The Hall–Kier alpha value is -7.20. The van der Waals surface area contributed by atoms with E-state index in [0.717, 1.165) is 5.69 Å². The van der Waals surface area contributed by atoms with Gasteiger partial charge in [0.2, 0.25) is 0 Å². The zero-order chi connectivity index (χ0) is 43.9. The van der Waals surface area contributed by atoms with E-state index in [1.54, 1.807) is 0 Å². The number of hydrogen-bond donors (Lipinski definition) is 0. The van der Waals surface area contributed by atoms with Crippen molar-refractivity contribution in [3.63, 3.8) is 0 Å². The van der Waals surface area contributed by atoms with Crippen LogP contribution in [0, 0.1) is 0 Å². The van der Waals surface area contributed by atoms with Crippen LogP contribution in [0.5, 0.6) is 0 Å². The molecule has 3 heteroatoms. The molecule has 0 N–H and O–H groups in total. The Kier molecular flexibility index (Phi) is 9.05. The van der Waals surface area contributed by atoms with Crippen molar-refractivity contribution in [3.8, 4) is 22.5 Å². The molecule has 0 spiro atoms. The Balaban J connectivity index is 1.08. The van der Waals surface area contributed by atoms with Gasteiger partial charge in [0.25, 0.3) is 0 Å². The van der Waals surface area contributed by atoms with Crippen LogP contribution in [-0.2, 0) is 10.8 Å². The van der Waals surface area contributed by atoms with Gasteiger partial charge in [0.15, 0.2) is 8.07 Å². The first-order valence-electron chi connectivity index (χ1n) is 23.2. The van der Waals surface area contributed by atoms with Gasteiger partial charge in [0, 0.05) is 32.9 Å². The van der Waals surface area contributed by atoms with Gasteiger partial charge in [-0.2, -0.15) is 0 Å². The fourth-order valence-electron chi connectivity index (χ4n) is 11.7. The Morgan fingerprint density at radius 1 is 0.338 bits per heavy atom. The first-order valence-corrected chi connectivity index (χ1v) is 25.2. The van der Waals surface area contributed by atoms with Crippen molar-refractivity contribution in [2.45, 2.75) is 51.4 Å². The maximum atomic E-state index is 2.63. The lowest BCUT2D eigenvalue weighted by Crippen LogP contribution is -2.74. The molecule has 0 fully saturated rings. The van der Waals surface area contributed by atoms with E-state index in [0.29, 0.717) is 0 Å². The Bertz CT molecular complexity index is 3540. The predicted molar refractivity (Wildman–Crippen MR) is 279 cm³/mol. The third-order valence-electron chi connectivity index (χ3n) is 15.0. The molecule has 0 unspecified atom stereocenters. The van der Waals surface area contributed by atoms with Crippen molar-refractivity contribution in [1.82, 2.24) is 9.13 Å². The predicted octanol–water partition coefficient (Wildman–Crippen LogP) is 13.3. The molecule has 0 radical (unpaired) electrons. The van der Waals surface area contributed by atoms with Crippen molar-refractivity contribution < 1.29 is 0 Å². The van der Waals surface area contributed by atoms with Gasteiger partial charge in [0.05, 0.1) is 22.1 Å². The molecule has 2 aromatic heterocycles. The van der Waals surface area contributed by atoms with Crippen LogP contribution in [0.3, 0.4) is 0 Å². The summed E-state index contributed by atoms with van der Waals surface area (Å²) < 4.78 is 4.91. The molecule has 1 aliphatic rings. The number of fused-ring (bicyclic) bond motifs is 7. The molecular formula is C62H52N2Si. The topological polar surface area (TPSA) is 9.86 Å². The van der Waals surface area contributed by atoms with E-state index >= 15 is 0 Å². The molecule has 0 atom stereocenters. The van der Waals surface area contributed by atoms with E-state index < -0.39 is 8.07 Å². The number of hydrogen-bond acceptors (Lipinski definition) is 0. The maximum Gasteiger partial charge on any atom is 0.179 e. The van der Waals surface area contributed by atoms with Crippen molar-refractivity contribution in [1.29, 1.82) is 0 Å². The minimum Gasteiger partial charge on any atom is -0.309 e. The second kappa shape index (κ2) is 14.9. The maximum absolute atomic E-state index is 2.82. The summed E-state index contributed by atoms with van der Waals surface area (Å²) in [7, 11) is -2.82. The van der Waals surface area contributed by atoms with E-state index in [9.17, 15) is 0 Å². The van der Waals surface area contributed by atoms with E-state index in [2.05, 4.69) is 255 Å². The summed E-state index contributed by atoms with van der Waals surface area (Å²) in [6.45, 7) is 9.77. The van der Waals surface area contributed by atoms with Crippen molar-refractivity contribution in [2.75, 3.05) is 0 Å². The molecule has 65 heavy (non-hydrogen) atoms. The van der Waals surface area contributed by atoms with Crippen molar-refractivity contribution in [3.05, 3.63) is 230 Å². The Labute approximate surface area is 383 Å². The molecule has 0 saturated carbocycles. The van der Waals surface area contributed by atoms with E-state index in [1.165, 1.54) is 105 Å². The zero-order valence-electron chi connectivity index (χ0n) is 37.6. The molecule has 0 aliphatic heterocycles. The smallest absolute Gasteiger partial charge is 0.179 e. The number of aromatic nitrogens is 2. The van der Waals surface area contributed by atoms with Gasteiger partial charge in [0.1, 0.15) is 0 Å². The fourth-order valence-corrected chi connectivity index (χ4v) is 16.4. The summed E-state index contributed by atoms with van der Waals surface area (Å²) in [4.78, 5) is 0. The highest BCUT2D eigenvalue weighted by Gasteiger charge is 2.44. The molecule has 1 aliphatic carbocycles. The van der Waals surface area contributed by atoms with Gasteiger partial charge in [-0.3, -0.25) is 0 Å². The van der Waals surface area contributed by atoms with E-state index in [-0.39, 0.29) is 10.8 Å². The molecule has 2 heterocycles. The SMILES string of the molecule is CC1(C)CCC(C)(C)c2cc([Si](c3ccccc3)(c3ccccc3)c3ccc(-n4c5ccccc5c5c(-c6cccc7c6c6ccccc6n7-c6ccccc6)cccc54)cc3)ccc21. The molecule has 2 nitrogen and oxygen atoms in total. The molecule has 0 bridgehead atoms. The summed E-state index contributed by atoms with van der Waals surface area (Å²) in [5, 5.41) is 10.7. The number of benzene rings is 9. The Morgan fingerprint density at radius 2 is 0.738 bits per heavy atom. The van der Waals surface area contributed by atoms with Crippen molar-refractivity contribution in [2.24, 2.45) is 0 Å². The summed E-state index contributed by atoms with van der Waals surface area (Å²) in [6, 6.07) is 82.4. The van der Waals surface area contributed by atoms with Gasteiger partial charge >= 0.3 is 0 Å². The summed E-state index contributed by atoms with van der Waals surface area (Å²) in [6.07, 6.45) is 2.38. The minimum absolute atomic E-state index is 0.0954. The molecule has 12 rings (SSSR count). The summed E-state index contributed by atoms with van der Waals surface area (Å²) in [5.41, 5.74) is 12.9. The zero-order valence-corrected chi connectivity index (χ0v) is 38.6. The first kappa shape index (κ1) is 39.4. The van der Waals surface area contributed by atoms with Crippen LogP contribution in [-0.4, -0.2) is 17.2 Å². The van der Waals surface area contributed by atoms with Crippen LogP contribution >= 0.6 is 0 Å². The second-order valence-electron chi connectivity index (χ2n) is 19.5. The van der Waals surface area contributed by atoms with E-state index in [4.69, 9.17) is 0 Å². The Morgan fingerprint density at radius 3 is 1.26 bits per heavy atom. The van der Waals surface area contributed by atoms with Crippen LogP contribution in [0.2, 0.25) is 0 Å². The number of para-hydroxylation sites is 3. The first-order chi connectivity index (χ1) is 31.8. The molecule has 9 aromatic carbocycles.